The molecular weight excluding hydrogens is 410 g/mol. The number of hydrogen-bond donors (Lipinski definition) is 2. The zero-order valence-corrected chi connectivity index (χ0v) is 19.1. The molecule has 0 bridgehead atoms. The molecule has 4 rings (SSSR count). The largest absolute Gasteiger partial charge is 0.490 e. The molecule has 1 saturated carbocycles. The minimum absolute atomic E-state index is 0.0258. The van der Waals surface area contributed by atoms with Crippen molar-refractivity contribution in [3.8, 4) is 5.75 Å². The van der Waals surface area contributed by atoms with Crippen molar-refractivity contribution in [1.82, 2.24) is 10.2 Å². The third-order valence-electron chi connectivity index (χ3n) is 6.50. The monoisotopic (exact) mass is 443 g/mol. The highest BCUT2D eigenvalue weighted by Crippen LogP contribution is 2.33. The van der Waals surface area contributed by atoms with Gasteiger partial charge in [0.05, 0.1) is 24.1 Å². The fraction of sp³-hybridized carbons (Fsp3) is 0.625. The number of ether oxygens (including phenoxy) is 2. The molecule has 0 spiro atoms. The van der Waals surface area contributed by atoms with Gasteiger partial charge in [-0.1, -0.05) is 13.8 Å². The molecule has 2 fully saturated rings. The minimum atomic E-state index is -0.299. The molecule has 3 atom stereocenters. The molecule has 1 aliphatic carbocycles. The van der Waals surface area contributed by atoms with Gasteiger partial charge in [0.2, 0.25) is 11.8 Å². The van der Waals surface area contributed by atoms with Crippen molar-refractivity contribution in [1.29, 1.82) is 0 Å². The number of likely N-dealkylation sites (N-methyl/N-ethyl adjacent to an activating group) is 1. The van der Waals surface area contributed by atoms with Crippen molar-refractivity contribution in [3.63, 3.8) is 0 Å². The second kappa shape index (κ2) is 9.48. The number of rotatable bonds is 6. The molecule has 0 radical (unpaired) electrons. The highest BCUT2D eigenvalue weighted by Gasteiger charge is 2.39. The van der Waals surface area contributed by atoms with Crippen molar-refractivity contribution in [2.45, 2.75) is 64.2 Å². The van der Waals surface area contributed by atoms with E-state index < -0.39 is 0 Å². The smallest absolute Gasteiger partial charge is 0.257 e. The fourth-order valence-corrected chi connectivity index (χ4v) is 4.25. The van der Waals surface area contributed by atoms with E-state index in [1.165, 1.54) is 12.8 Å². The van der Waals surface area contributed by atoms with E-state index in [0.717, 1.165) is 13.0 Å². The van der Waals surface area contributed by atoms with Gasteiger partial charge in [-0.2, -0.15) is 0 Å². The molecule has 3 amide bonds. The maximum atomic E-state index is 13.2. The van der Waals surface area contributed by atoms with Crippen molar-refractivity contribution >= 4 is 23.4 Å². The molecule has 32 heavy (non-hydrogen) atoms. The van der Waals surface area contributed by atoms with Crippen LogP contribution >= 0.6 is 0 Å². The van der Waals surface area contributed by atoms with Crippen LogP contribution < -0.4 is 15.4 Å². The molecule has 2 heterocycles. The van der Waals surface area contributed by atoms with Gasteiger partial charge >= 0.3 is 0 Å². The van der Waals surface area contributed by atoms with Crippen LogP contribution in [0.5, 0.6) is 5.75 Å². The lowest BCUT2D eigenvalue weighted by Gasteiger charge is -2.42. The van der Waals surface area contributed by atoms with Crippen LogP contribution in [-0.2, 0) is 14.3 Å². The van der Waals surface area contributed by atoms with Gasteiger partial charge < -0.3 is 25.0 Å². The van der Waals surface area contributed by atoms with E-state index in [2.05, 4.69) is 10.6 Å². The zero-order valence-electron chi connectivity index (χ0n) is 19.1. The number of nitrogens with one attached hydrogen (secondary N) is 2. The van der Waals surface area contributed by atoms with E-state index in [9.17, 15) is 14.4 Å². The van der Waals surface area contributed by atoms with Crippen LogP contribution in [0.1, 0.15) is 56.3 Å². The molecule has 1 aromatic carbocycles. The molecule has 2 N–H and O–H groups in total. The van der Waals surface area contributed by atoms with Crippen LogP contribution in [0.15, 0.2) is 18.2 Å². The number of carbonyl (C=O) groups is 3. The van der Waals surface area contributed by atoms with Crippen LogP contribution in [0.4, 0.5) is 5.69 Å². The summed E-state index contributed by atoms with van der Waals surface area (Å²) in [5.41, 5.74) is 0.996. The van der Waals surface area contributed by atoms with Crippen molar-refractivity contribution in [2.75, 3.05) is 25.5 Å². The van der Waals surface area contributed by atoms with Crippen LogP contribution in [0, 0.1) is 11.8 Å². The highest BCUT2D eigenvalue weighted by atomic mass is 16.5. The molecule has 0 unspecified atom stereocenters. The Bertz CT molecular complexity index is 882. The fourth-order valence-electron chi connectivity index (χ4n) is 4.25. The summed E-state index contributed by atoms with van der Waals surface area (Å²) in [5.74, 6) is 0.711. The first-order valence-electron chi connectivity index (χ1n) is 11.6. The number of benzene rings is 1. The van der Waals surface area contributed by atoms with Gasteiger partial charge in [-0.3, -0.25) is 14.4 Å². The first kappa shape index (κ1) is 22.6. The predicted octanol–water partition coefficient (Wildman–Crippen LogP) is 2.58. The van der Waals surface area contributed by atoms with Gasteiger partial charge in [0.25, 0.3) is 5.91 Å². The molecule has 1 aromatic rings. The van der Waals surface area contributed by atoms with E-state index in [1.807, 2.05) is 13.8 Å². The molecule has 8 nitrogen and oxygen atoms in total. The molecule has 3 aliphatic rings. The van der Waals surface area contributed by atoms with E-state index in [-0.39, 0.29) is 41.9 Å². The Morgan fingerprint density at radius 3 is 2.69 bits per heavy atom. The van der Waals surface area contributed by atoms with Gasteiger partial charge in [0, 0.05) is 25.2 Å². The normalized spacial score (nSPS) is 25.2. The van der Waals surface area contributed by atoms with Crippen LogP contribution in [0.2, 0.25) is 0 Å². The van der Waals surface area contributed by atoms with Gasteiger partial charge in [-0.05, 0) is 49.8 Å². The Balaban J connectivity index is 1.42. The predicted molar refractivity (Wildman–Crippen MR) is 120 cm³/mol. The summed E-state index contributed by atoms with van der Waals surface area (Å²) in [4.78, 5) is 39.2. The lowest BCUT2D eigenvalue weighted by Crippen LogP contribution is -2.54. The second-order valence-electron chi connectivity index (χ2n) is 9.47. The average molecular weight is 444 g/mol. The molecular formula is C24H33N3O5. The average Bonchev–Trinajstić information content (AvgIpc) is 3.59. The zero-order chi connectivity index (χ0) is 22.8. The third-order valence-corrected chi connectivity index (χ3v) is 6.50. The van der Waals surface area contributed by atoms with Crippen molar-refractivity contribution in [3.05, 3.63) is 23.8 Å². The quantitative estimate of drug-likeness (QED) is 0.704. The molecule has 174 valence electrons. The topological polar surface area (TPSA) is 97.0 Å². The Kier molecular flexibility index (Phi) is 6.69. The maximum absolute atomic E-state index is 13.2. The summed E-state index contributed by atoms with van der Waals surface area (Å²) in [6, 6.07) is 4.99. The number of anilines is 1. The van der Waals surface area contributed by atoms with Crippen LogP contribution in [0.3, 0.4) is 0 Å². The number of nitrogens with zero attached hydrogens (tertiary/aromatic N) is 1. The molecule has 0 aromatic heterocycles. The summed E-state index contributed by atoms with van der Waals surface area (Å²) in [6.07, 6.45) is 3.73. The summed E-state index contributed by atoms with van der Waals surface area (Å²) in [6.45, 7) is 4.69. The van der Waals surface area contributed by atoms with Crippen LogP contribution in [-0.4, -0.2) is 61.1 Å². The Morgan fingerprint density at radius 2 is 1.97 bits per heavy atom. The lowest BCUT2D eigenvalue weighted by molar-refractivity contribution is -0.134. The first-order valence-corrected chi connectivity index (χ1v) is 11.6. The van der Waals surface area contributed by atoms with Gasteiger partial charge in [-0.15, -0.1) is 0 Å². The minimum Gasteiger partial charge on any atom is -0.490 e. The Labute approximate surface area is 189 Å². The van der Waals surface area contributed by atoms with E-state index >= 15 is 0 Å². The Morgan fingerprint density at radius 1 is 1.19 bits per heavy atom. The van der Waals surface area contributed by atoms with E-state index in [0.29, 0.717) is 42.4 Å². The standard InChI is InChI=1S/C24H33N3O5/c1-14(2)23(29)26-16-6-9-20-18(10-16)24(30)27(3)19-8-7-17(32-21(19)13-31-20)11-22(28)25-12-15-4-5-15/h6,9-10,14-15,17,19,21H,4-5,7-8,11-13H2,1-3H3,(H,25,28)(H,26,29)/t17-,19-,21-/m1/s1. The summed E-state index contributed by atoms with van der Waals surface area (Å²) in [5, 5.41) is 5.83. The number of hydrogen-bond acceptors (Lipinski definition) is 5. The molecule has 1 saturated heterocycles. The van der Waals surface area contributed by atoms with Gasteiger partial charge in [0.15, 0.2) is 0 Å². The second-order valence-corrected chi connectivity index (χ2v) is 9.47. The number of carbonyl (C=O) groups excluding carboxylic acids is 3. The van der Waals surface area contributed by atoms with E-state index in [4.69, 9.17) is 9.47 Å². The number of fused-ring (bicyclic) bond motifs is 2. The molecule has 8 heteroatoms. The van der Waals surface area contributed by atoms with Crippen molar-refractivity contribution < 1.29 is 23.9 Å². The highest BCUT2D eigenvalue weighted by molar-refractivity contribution is 6.00. The maximum Gasteiger partial charge on any atom is 0.257 e. The number of amides is 3. The molecule has 2 aliphatic heterocycles. The SMILES string of the molecule is CC(C)C(=O)Nc1ccc2c(c1)C(=O)N(C)[C@@H]1CC[C@H](CC(=O)NCC3CC3)O[C@@H]1CO2. The third kappa shape index (κ3) is 5.23. The lowest BCUT2D eigenvalue weighted by atomic mass is 9.94. The van der Waals surface area contributed by atoms with Crippen molar-refractivity contribution in [2.24, 2.45) is 11.8 Å². The summed E-state index contributed by atoms with van der Waals surface area (Å²) >= 11 is 0. The summed E-state index contributed by atoms with van der Waals surface area (Å²) in [7, 11) is 1.78. The van der Waals surface area contributed by atoms with Gasteiger partial charge in [0.1, 0.15) is 18.5 Å². The Hall–Kier alpha value is -2.61. The first-order chi connectivity index (χ1) is 15.3. The summed E-state index contributed by atoms with van der Waals surface area (Å²) < 4.78 is 12.2. The van der Waals surface area contributed by atoms with E-state index in [1.54, 1.807) is 30.1 Å². The van der Waals surface area contributed by atoms with Crippen LogP contribution in [0.25, 0.3) is 0 Å². The van der Waals surface area contributed by atoms with Gasteiger partial charge in [-0.25, -0.2) is 0 Å².